The molecule has 1 aromatic carbocycles. The third-order valence-electron chi connectivity index (χ3n) is 3.10. The number of aliphatic hydroxyl groups is 1. The zero-order chi connectivity index (χ0) is 13.8. The highest BCUT2D eigenvalue weighted by Gasteiger charge is 2.12. The van der Waals surface area contributed by atoms with Gasteiger partial charge in [0.05, 0.1) is 24.6 Å². The number of furan rings is 1. The highest BCUT2D eigenvalue weighted by Crippen LogP contribution is 2.30. The maximum atomic E-state index is 9.59. The minimum atomic E-state index is -0.453. The Balaban J connectivity index is 2.23. The summed E-state index contributed by atoms with van der Waals surface area (Å²) in [6.07, 6.45) is 1.24. The highest BCUT2D eigenvalue weighted by atomic mass is 79.9. The van der Waals surface area contributed by atoms with Gasteiger partial charge in [-0.2, -0.15) is 0 Å². The van der Waals surface area contributed by atoms with Crippen LogP contribution in [0.5, 0.6) is 0 Å². The molecule has 0 aliphatic carbocycles. The second-order valence-corrected chi connectivity index (χ2v) is 5.33. The van der Waals surface area contributed by atoms with E-state index in [-0.39, 0.29) is 0 Å². The Kier molecular flexibility index (Phi) is 4.66. The van der Waals surface area contributed by atoms with E-state index in [4.69, 9.17) is 4.42 Å². The van der Waals surface area contributed by atoms with Crippen molar-refractivity contribution >= 4 is 21.6 Å². The van der Waals surface area contributed by atoms with Gasteiger partial charge in [-0.1, -0.05) is 6.07 Å². The van der Waals surface area contributed by atoms with Crippen LogP contribution in [-0.4, -0.2) is 11.7 Å². The molecule has 19 heavy (non-hydrogen) atoms. The van der Waals surface area contributed by atoms with Gasteiger partial charge in [-0.3, -0.25) is 0 Å². The second-order valence-electron chi connectivity index (χ2n) is 4.48. The Bertz CT molecular complexity index is 523. The summed E-state index contributed by atoms with van der Waals surface area (Å²) >= 11 is 3.58. The Morgan fingerprint density at radius 2 is 2.16 bits per heavy atom. The molecule has 3 nitrogen and oxygen atoms in total. The number of hydrogen-bond donors (Lipinski definition) is 1. The van der Waals surface area contributed by atoms with E-state index in [9.17, 15) is 5.11 Å². The predicted molar refractivity (Wildman–Crippen MR) is 80.2 cm³/mol. The van der Waals surface area contributed by atoms with Crippen LogP contribution in [0.2, 0.25) is 0 Å². The summed E-state index contributed by atoms with van der Waals surface area (Å²) in [6.45, 7) is 5.49. The predicted octanol–water partition coefficient (Wildman–Crippen LogP) is 4.12. The third-order valence-corrected chi connectivity index (χ3v) is 3.74. The van der Waals surface area contributed by atoms with Gasteiger partial charge in [0.2, 0.25) is 0 Å². The number of halogens is 1. The molecule has 0 spiro atoms. The standard InChI is InChI=1S/C15H18BrNO2/c1-3-17(10-13-5-4-8-19-13)15-7-6-12(11(2)18)9-14(15)16/h4-9,11,18H,3,10H2,1-2H3/t11-/m1/s1. The SMILES string of the molecule is CCN(Cc1ccco1)c1ccc([C@@H](C)O)cc1Br. The summed E-state index contributed by atoms with van der Waals surface area (Å²) in [7, 11) is 0. The molecule has 1 N–H and O–H groups in total. The summed E-state index contributed by atoms with van der Waals surface area (Å²) in [4.78, 5) is 2.22. The Morgan fingerprint density at radius 3 is 2.68 bits per heavy atom. The van der Waals surface area contributed by atoms with E-state index >= 15 is 0 Å². The number of nitrogens with zero attached hydrogens (tertiary/aromatic N) is 1. The fraction of sp³-hybridized carbons (Fsp3) is 0.333. The lowest BCUT2D eigenvalue weighted by Crippen LogP contribution is -2.22. The van der Waals surface area contributed by atoms with Crippen LogP contribution in [0, 0.1) is 0 Å². The second kappa shape index (κ2) is 6.26. The topological polar surface area (TPSA) is 36.6 Å². The summed E-state index contributed by atoms with van der Waals surface area (Å²) in [5.41, 5.74) is 2.01. The van der Waals surface area contributed by atoms with Crippen LogP contribution >= 0.6 is 15.9 Å². The largest absolute Gasteiger partial charge is 0.467 e. The van der Waals surface area contributed by atoms with Crippen LogP contribution in [0.25, 0.3) is 0 Å². The van der Waals surface area contributed by atoms with Gasteiger partial charge in [-0.05, 0) is 59.6 Å². The van der Waals surface area contributed by atoms with Crippen molar-refractivity contribution in [2.45, 2.75) is 26.5 Å². The number of benzene rings is 1. The summed E-state index contributed by atoms with van der Waals surface area (Å²) < 4.78 is 6.38. The number of hydrogen-bond acceptors (Lipinski definition) is 3. The molecule has 0 fully saturated rings. The first kappa shape index (κ1) is 14.2. The summed E-state index contributed by atoms with van der Waals surface area (Å²) in [5, 5.41) is 9.59. The van der Waals surface area contributed by atoms with Crippen LogP contribution in [0.15, 0.2) is 45.5 Å². The van der Waals surface area contributed by atoms with Gasteiger partial charge in [0, 0.05) is 11.0 Å². The molecule has 0 bridgehead atoms. The van der Waals surface area contributed by atoms with E-state index in [0.29, 0.717) is 0 Å². The lowest BCUT2D eigenvalue weighted by atomic mass is 10.1. The maximum absolute atomic E-state index is 9.59. The minimum absolute atomic E-state index is 0.453. The molecule has 1 atom stereocenters. The fourth-order valence-corrected chi connectivity index (χ4v) is 2.64. The normalized spacial score (nSPS) is 12.4. The van der Waals surface area contributed by atoms with Gasteiger partial charge in [0.15, 0.2) is 0 Å². The molecule has 2 rings (SSSR count). The van der Waals surface area contributed by atoms with E-state index in [1.165, 1.54) is 0 Å². The van der Waals surface area contributed by atoms with E-state index in [1.807, 2.05) is 30.3 Å². The van der Waals surface area contributed by atoms with Crippen LogP contribution < -0.4 is 4.90 Å². The van der Waals surface area contributed by atoms with Gasteiger partial charge in [-0.25, -0.2) is 0 Å². The molecule has 1 heterocycles. The number of rotatable bonds is 5. The van der Waals surface area contributed by atoms with Crippen LogP contribution in [-0.2, 0) is 6.54 Å². The molecule has 1 aromatic heterocycles. The quantitative estimate of drug-likeness (QED) is 0.899. The van der Waals surface area contributed by atoms with E-state index in [0.717, 1.165) is 34.6 Å². The van der Waals surface area contributed by atoms with E-state index < -0.39 is 6.10 Å². The van der Waals surface area contributed by atoms with Crippen LogP contribution in [0.1, 0.15) is 31.3 Å². The van der Waals surface area contributed by atoms with Crippen molar-refractivity contribution in [2.24, 2.45) is 0 Å². The van der Waals surface area contributed by atoms with E-state index in [2.05, 4.69) is 27.8 Å². The van der Waals surface area contributed by atoms with Crippen LogP contribution in [0.3, 0.4) is 0 Å². The Labute approximate surface area is 122 Å². The Hall–Kier alpha value is -1.26. The first-order valence-corrected chi connectivity index (χ1v) is 7.16. The average molecular weight is 324 g/mol. The van der Waals surface area contributed by atoms with Crippen molar-refractivity contribution < 1.29 is 9.52 Å². The smallest absolute Gasteiger partial charge is 0.123 e. The lowest BCUT2D eigenvalue weighted by Gasteiger charge is -2.24. The molecule has 0 saturated heterocycles. The lowest BCUT2D eigenvalue weighted by molar-refractivity contribution is 0.199. The molecule has 2 aromatic rings. The summed E-state index contributed by atoms with van der Waals surface area (Å²) in [6, 6.07) is 9.81. The monoisotopic (exact) mass is 323 g/mol. The third kappa shape index (κ3) is 3.39. The highest BCUT2D eigenvalue weighted by molar-refractivity contribution is 9.10. The molecule has 0 aliphatic rings. The zero-order valence-corrected chi connectivity index (χ0v) is 12.7. The van der Waals surface area contributed by atoms with Crippen molar-refractivity contribution in [1.29, 1.82) is 0 Å². The molecular weight excluding hydrogens is 306 g/mol. The summed E-state index contributed by atoms with van der Waals surface area (Å²) in [5.74, 6) is 0.938. The molecule has 0 unspecified atom stereocenters. The fourth-order valence-electron chi connectivity index (χ4n) is 2.00. The zero-order valence-electron chi connectivity index (χ0n) is 11.1. The van der Waals surface area contributed by atoms with Crippen molar-refractivity contribution in [3.8, 4) is 0 Å². The van der Waals surface area contributed by atoms with Gasteiger partial charge >= 0.3 is 0 Å². The van der Waals surface area contributed by atoms with Crippen molar-refractivity contribution in [3.63, 3.8) is 0 Å². The Morgan fingerprint density at radius 1 is 1.37 bits per heavy atom. The number of aliphatic hydroxyl groups excluding tert-OH is 1. The molecule has 102 valence electrons. The van der Waals surface area contributed by atoms with Gasteiger partial charge in [-0.15, -0.1) is 0 Å². The number of anilines is 1. The maximum Gasteiger partial charge on any atom is 0.123 e. The molecular formula is C15H18BrNO2. The molecule has 0 amide bonds. The first-order chi connectivity index (χ1) is 9.11. The van der Waals surface area contributed by atoms with Gasteiger partial charge in [0.1, 0.15) is 5.76 Å². The molecule has 4 heteroatoms. The van der Waals surface area contributed by atoms with Crippen molar-refractivity contribution in [1.82, 2.24) is 0 Å². The van der Waals surface area contributed by atoms with Crippen LogP contribution in [0.4, 0.5) is 5.69 Å². The van der Waals surface area contributed by atoms with Crippen molar-refractivity contribution in [3.05, 3.63) is 52.4 Å². The van der Waals surface area contributed by atoms with E-state index in [1.54, 1.807) is 13.2 Å². The average Bonchev–Trinajstić information content (AvgIpc) is 2.89. The molecule has 0 aliphatic heterocycles. The first-order valence-electron chi connectivity index (χ1n) is 6.36. The molecule has 0 saturated carbocycles. The molecule has 0 radical (unpaired) electrons. The van der Waals surface area contributed by atoms with Gasteiger partial charge in [0.25, 0.3) is 0 Å². The van der Waals surface area contributed by atoms with Gasteiger partial charge < -0.3 is 14.4 Å². The minimum Gasteiger partial charge on any atom is -0.467 e. The van der Waals surface area contributed by atoms with Crippen molar-refractivity contribution in [2.75, 3.05) is 11.4 Å².